The van der Waals surface area contributed by atoms with Gasteiger partial charge in [0.1, 0.15) is 12.4 Å². The summed E-state index contributed by atoms with van der Waals surface area (Å²) in [5.74, 6) is 1.57. The number of para-hydroxylation sites is 1. The molecule has 4 heteroatoms. The zero-order valence-electron chi connectivity index (χ0n) is 12.3. The van der Waals surface area contributed by atoms with E-state index in [0.29, 0.717) is 12.8 Å². The third-order valence-corrected chi connectivity index (χ3v) is 3.76. The molecule has 0 spiro atoms. The molecule has 0 atom stereocenters. The van der Waals surface area contributed by atoms with Gasteiger partial charge in [-0.1, -0.05) is 12.1 Å². The minimum atomic E-state index is 0.234. The molecule has 0 amide bonds. The van der Waals surface area contributed by atoms with Gasteiger partial charge in [0.2, 0.25) is 0 Å². The van der Waals surface area contributed by atoms with Gasteiger partial charge in [0.25, 0.3) is 0 Å². The third-order valence-electron chi connectivity index (χ3n) is 3.76. The van der Waals surface area contributed by atoms with E-state index in [9.17, 15) is 4.79 Å². The van der Waals surface area contributed by atoms with E-state index in [-0.39, 0.29) is 6.10 Å². The predicted molar refractivity (Wildman–Crippen MR) is 78.5 cm³/mol. The zero-order valence-corrected chi connectivity index (χ0v) is 12.3. The Kier molecular flexibility index (Phi) is 5.41. The number of ether oxygens (including phenoxy) is 2. The molecule has 1 aliphatic rings. The molecule has 0 radical (unpaired) electrons. The lowest BCUT2D eigenvalue weighted by Crippen LogP contribution is -2.35. The molecule has 1 saturated heterocycles. The molecular formula is C16H23NO3. The van der Waals surface area contributed by atoms with Crippen molar-refractivity contribution in [1.82, 2.24) is 4.90 Å². The number of hydrogen-bond acceptors (Lipinski definition) is 4. The number of rotatable bonds is 6. The van der Waals surface area contributed by atoms with Crippen LogP contribution in [0, 0.1) is 0 Å². The Bertz CT molecular complexity index is 439. The Morgan fingerprint density at radius 3 is 2.75 bits per heavy atom. The number of likely N-dealkylation sites (tertiary alicyclic amines) is 1. The molecule has 4 nitrogen and oxygen atoms in total. The number of carbonyl (C=O) groups excluding carboxylic acids is 1. The maximum Gasteiger partial charge on any atom is 0.164 e. The minimum Gasteiger partial charge on any atom is -0.493 e. The van der Waals surface area contributed by atoms with E-state index in [0.717, 1.165) is 49.3 Å². The van der Waals surface area contributed by atoms with Crippen LogP contribution in [0.4, 0.5) is 0 Å². The first-order valence-electron chi connectivity index (χ1n) is 7.19. The number of nitrogens with zero attached hydrogens (tertiary/aromatic N) is 1. The average Bonchev–Trinajstić information content (AvgIpc) is 2.48. The smallest absolute Gasteiger partial charge is 0.164 e. The monoisotopic (exact) mass is 277 g/mol. The minimum absolute atomic E-state index is 0.234. The van der Waals surface area contributed by atoms with E-state index in [2.05, 4.69) is 11.9 Å². The number of aldehydes is 1. The molecule has 1 aromatic rings. The van der Waals surface area contributed by atoms with E-state index in [1.54, 1.807) is 7.11 Å². The highest BCUT2D eigenvalue weighted by Crippen LogP contribution is 2.34. The number of methoxy groups -OCH3 is 1. The number of piperidine rings is 1. The van der Waals surface area contributed by atoms with Gasteiger partial charge in [-0.05, 0) is 37.9 Å². The topological polar surface area (TPSA) is 38.8 Å². The van der Waals surface area contributed by atoms with Gasteiger partial charge in [0, 0.05) is 19.5 Å². The summed E-state index contributed by atoms with van der Waals surface area (Å²) in [5.41, 5.74) is 1.05. The molecule has 20 heavy (non-hydrogen) atoms. The van der Waals surface area contributed by atoms with Crippen LogP contribution in [-0.2, 0) is 11.2 Å². The van der Waals surface area contributed by atoms with E-state index in [1.165, 1.54) is 0 Å². The van der Waals surface area contributed by atoms with Gasteiger partial charge < -0.3 is 19.2 Å². The molecule has 0 unspecified atom stereocenters. The average molecular weight is 277 g/mol. The van der Waals surface area contributed by atoms with Crippen LogP contribution in [0.25, 0.3) is 0 Å². The largest absolute Gasteiger partial charge is 0.493 e. The lowest BCUT2D eigenvalue weighted by Gasteiger charge is -2.30. The number of aryl methyl sites for hydroxylation is 1. The Labute approximate surface area is 120 Å². The molecule has 110 valence electrons. The van der Waals surface area contributed by atoms with Gasteiger partial charge >= 0.3 is 0 Å². The van der Waals surface area contributed by atoms with E-state index in [4.69, 9.17) is 9.47 Å². The first-order valence-corrected chi connectivity index (χ1v) is 7.19. The van der Waals surface area contributed by atoms with Crippen LogP contribution in [0.5, 0.6) is 11.5 Å². The quantitative estimate of drug-likeness (QED) is 0.748. The molecule has 0 saturated carbocycles. The third kappa shape index (κ3) is 3.73. The van der Waals surface area contributed by atoms with Crippen LogP contribution < -0.4 is 9.47 Å². The van der Waals surface area contributed by atoms with Crippen molar-refractivity contribution in [3.8, 4) is 11.5 Å². The summed E-state index contributed by atoms with van der Waals surface area (Å²) in [5, 5.41) is 0. The van der Waals surface area contributed by atoms with Crippen molar-refractivity contribution in [1.29, 1.82) is 0 Å². The molecule has 1 fully saturated rings. The van der Waals surface area contributed by atoms with Crippen LogP contribution >= 0.6 is 0 Å². The summed E-state index contributed by atoms with van der Waals surface area (Å²) in [6.07, 6.45) is 4.44. The van der Waals surface area contributed by atoms with Crippen molar-refractivity contribution in [3.05, 3.63) is 23.8 Å². The first kappa shape index (κ1) is 14.9. The highest BCUT2D eigenvalue weighted by Gasteiger charge is 2.21. The Balaban J connectivity index is 2.12. The molecule has 1 aromatic carbocycles. The Hall–Kier alpha value is -1.55. The SMILES string of the molecule is COc1cccc(CCC=O)c1OC1CCN(C)CC1. The fourth-order valence-corrected chi connectivity index (χ4v) is 2.54. The summed E-state index contributed by atoms with van der Waals surface area (Å²) in [7, 11) is 3.79. The second kappa shape index (κ2) is 7.29. The molecule has 0 aromatic heterocycles. The van der Waals surface area contributed by atoms with Crippen molar-refractivity contribution in [3.63, 3.8) is 0 Å². The maximum atomic E-state index is 10.6. The van der Waals surface area contributed by atoms with Gasteiger partial charge in [-0.25, -0.2) is 0 Å². The van der Waals surface area contributed by atoms with Gasteiger partial charge in [-0.3, -0.25) is 0 Å². The molecule has 1 heterocycles. The van der Waals surface area contributed by atoms with E-state index in [1.807, 2.05) is 18.2 Å². The van der Waals surface area contributed by atoms with Gasteiger partial charge in [-0.15, -0.1) is 0 Å². The number of carbonyl (C=O) groups is 1. The maximum absolute atomic E-state index is 10.6. The molecule has 2 rings (SSSR count). The lowest BCUT2D eigenvalue weighted by atomic mass is 10.1. The number of benzene rings is 1. The molecule has 0 bridgehead atoms. The summed E-state index contributed by atoms with van der Waals surface area (Å²) >= 11 is 0. The lowest BCUT2D eigenvalue weighted by molar-refractivity contribution is -0.107. The standard InChI is InChI=1S/C16H23NO3/c1-17-10-8-14(9-11-17)20-16-13(6-4-12-18)5-3-7-15(16)19-2/h3,5,7,12,14H,4,6,8-11H2,1-2H3. The molecule has 0 N–H and O–H groups in total. The van der Waals surface area contributed by atoms with E-state index < -0.39 is 0 Å². The van der Waals surface area contributed by atoms with Gasteiger partial charge in [-0.2, -0.15) is 0 Å². The summed E-state index contributed by atoms with van der Waals surface area (Å²) in [6.45, 7) is 2.12. The normalized spacial score (nSPS) is 16.9. The predicted octanol–water partition coefficient (Wildman–Crippen LogP) is 2.30. The summed E-state index contributed by atoms with van der Waals surface area (Å²) in [6, 6.07) is 5.87. The highest BCUT2D eigenvalue weighted by molar-refractivity contribution is 5.53. The van der Waals surface area contributed by atoms with Gasteiger partial charge in [0.05, 0.1) is 7.11 Å². The highest BCUT2D eigenvalue weighted by atomic mass is 16.5. The van der Waals surface area contributed by atoms with Crippen LogP contribution in [0.1, 0.15) is 24.8 Å². The van der Waals surface area contributed by atoms with Crippen LogP contribution in [0.15, 0.2) is 18.2 Å². The van der Waals surface area contributed by atoms with Crippen molar-refractivity contribution in [2.24, 2.45) is 0 Å². The zero-order chi connectivity index (χ0) is 14.4. The summed E-state index contributed by atoms with van der Waals surface area (Å²) in [4.78, 5) is 12.9. The van der Waals surface area contributed by atoms with Crippen molar-refractivity contribution in [2.45, 2.75) is 31.8 Å². The Morgan fingerprint density at radius 1 is 1.35 bits per heavy atom. The molecular weight excluding hydrogens is 254 g/mol. The van der Waals surface area contributed by atoms with E-state index >= 15 is 0 Å². The van der Waals surface area contributed by atoms with Crippen LogP contribution in [0.3, 0.4) is 0 Å². The fraction of sp³-hybridized carbons (Fsp3) is 0.562. The van der Waals surface area contributed by atoms with Crippen molar-refractivity contribution in [2.75, 3.05) is 27.2 Å². The summed E-state index contributed by atoms with van der Waals surface area (Å²) < 4.78 is 11.6. The second-order valence-corrected chi connectivity index (χ2v) is 5.27. The number of hydrogen-bond donors (Lipinski definition) is 0. The van der Waals surface area contributed by atoms with Gasteiger partial charge in [0.15, 0.2) is 11.5 Å². The Morgan fingerprint density at radius 2 is 2.10 bits per heavy atom. The molecule has 1 aliphatic heterocycles. The van der Waals surface area contributed by atoms with Crippen LogP contribution in [0.2, 0.25) is 0 Å². The van der Waals surface area contributed by atoms with Crippen molar-refractivity contribution >= 4 is 6.29 Å². The van der Waals surface area contributed by atoms with Crippen molar-refractivity contribution < 1.29 is 14.3 Å². The fourth-order valence-electron chi connectivity index (χ4n) is 2.54. The van der Waals surface area contributed by atoms with Crippen LogP contribution in [-0.4, -0.2) is 44.5 Å². The molecule has 0 aliphatic carbocycles. The first-order chi connectivity index (χ1) is 9.74. The second-order valence-electron chi connectivity index (χ2n) is 5.27.